The van der Waals surface area contributed by atoms with Crippen molar-refractivity contribution in [3.05, 3.63) is 64.1 Å². The summed E-state index contributed by atoms with van der Waals surface area (Å²) in [4.78, 5) is 25.0. The molecule has 0 heterocycles. The maximum absolute atomic E-state index is 12.8. The molecule has 2 N–H and O–H groups in total. The number of hydrazone groups is 1. The Morgan fingerprint density at radius 1 is 1.21 bits per heavy atom. The fourth-order valence-electron chi connectivity index (χ4n) is 2.62. The number of rotatable bonds is 10. The molecule has 0 unspecified atom stereocenters. The van der Waals surface area contributed by atoms with Crippen LogP contribution in [0, 0.1) is 12.3 Å². The van der Waals surface area contributed by atoms with Crippen molar-refractivity contribution in [2.75, 3.05) is 13.2 Å². The quantitative estimate of drug-likeness (QED) is 0.275. The maximum Gasteiger partial charge on any atom is 0.408 e. The van der Waals surface area contributed by atoms with Crippen LogP contribution >= 0.6 is 15.9 Å². The van der Waals surface area contributed by atoms with Crippen LogP contribution in [0.2, 0.25) is 0 Å². The van der Waals surface area contributed by atoms with E-state index in [4.69, 9.17) is 20.6 Å². The summed E-state index contributed by atoms with van der Waals surface area (Å²) in [7, 11) is 0. The van der Waals surface area contributed by atoms with Crippen molar-refractivity contribution >= 4 is 34.1 Å². The summed E-state index contributed by atoms with van der Waals surface area (Å²) < 4.78 is 17.2. The molecule has 0 saturated heterocycles. The third kappa shape index (κ3) is 10.1. The van der Waals surface area contributed by atoms with E-state index < -0.39 is 23.6 Å². The van der Waals surface area contributed by atoms with Crippen molar-refractivity contribution in [1.82, 2.24) is 10.7 Å². The average molecular weight is 530 g/mol. The minimum Gasteiger partial charge on any atom is -0.480 e. The lowest BCUT2D eigenvalue weighted by Crippen LogP contribution is -2.49. The number of benzene rings is 2. The number of terminal acetylenes is 1. The van der Waals surface area contributed by atoms with E-state index in [2.05, 4.69) is 37.7 Å². The van der Waals surface area contributed by atoms with E-state index in [0.29, 0.717) is 11.3 Å². The molecule has 1 atom stereocenters. The standard InChI is InChI=1S/C25H28BrN3O5/c1-5-13-33-22-12-11-20(26)14-19(22)15-27-29-23(30)21(28-24(31)34-25(2,3)4)17-32-16-18-9-7-6-8-10-18/h1,6-12,14-15,21H,13,16-17H2,2-4H3,(H,28,31)(H,29,30)/b27-15-/t21-/m0/s1. The Labute approximate surface area is 208 Å². The van der Waals surface area contributed by atoms with Crippen molar-refractivity contribution in [1.29, 1.82) is 0 Å². The molecule has 180 valence electrons. The minimum absolute atomic E-state index is 0.0805. The zero-order valence-electron chi connectivity index (χ0n) is 19.3. The molecule has 9 heteroatoms. The molecule has 0 aliphatic rings. The third-order valence-corrected chi connectivity index (χ3v) is 4.56. The molecule has 0 spiro atoms. The van der Waals surface area contributed by atoms with Gasteiger partial charge in [0.1, 0.15) is 24.0 Å². The van der Waals surface area contributed by atoms with E-state index in [0.717, 1.165) is 10.0 Å². The SMILES string of the molecule is C#CCOc1ccc(Br)cc1/C=N\NC(=O)[C@H](COCc1ccccc1)NC(=O)OC(C)(C)C. The first-order valence-corrected chi connectivity index (χ1v) is 11.3. The fraction of sp³-hybridized carbons (Fsp3) is 0.320. The van der Waals surface area contributed by atoms with E-state index >= 15 is 0 Å². The van der Waals surface area contributed by atoms with E-state index in [9.17, 15) is 9.59 Å². The van der Waals surface area contributed by atoms with Gasteiger partial charge in [-0.25, -0.2) is 10.2 Å². The largest absolute Gasteiger partial charge is 0.480 e. The summed E-state index contributed by atoms with van der Waals surface area (Å²) in [5, 5.41) is 6.53. The molecule has 2 rings (SSSR count). The zero-order chi connectivity index (χ0) is 25.0. The number of nitrogens with zero attached hydrogens (tertiary/aromatic N) is 1. The van der Waals surface area contributed by atoms with E-state index in [1.807, 2.05) is 30.3 Å². The normalized spacial score (nSPS) is 12.0. The second kappa shape index (κ2) is 13.4. The molecule has 34 heavy (non-hydrogen) atoms. The number of carbonyl (C=O) groups excluding carboxylic acids is 2. The number of alkyl carbamates (subject to hydrolysis) is 1. The van der Waals surface area contributed by atoms with Gasteiger partial charge in [0.05, 0.1) is 19.4 Å². The average Bonchev–Trinajstić information content (AvgIpc) is 2.77. The smallest absolute Gasteiger partial charge is 0.408 e. The zero-order valence-corrected chi connectivity index (χ0v) is 20.9. The number of nitrogens with one attached hydrogen (secondary N) is 2. The van der Waals surface area contributed by atoms with Gasteiger partial charge in [-0.2, -0.15) is 5.10 Å². The number of amides is 2. The monoisotopic (exact) mass is 529 g/mol. The Morgan fingerprint density at radius 2 is 1.94 bits per heavy atom. The summed E-state index contributed by atoms with van der Waals surface area (Å²) in [5.41, 5.74) is 3.24. The van der Waals surface area contributed by atoms with Gasteiger partial charge in [0.2, 0.25) is 0 Å². The van der Waals surface area contributed by atoms with Gasteiger partial charge < -0.3 is 19.5 Å². The van der Waals surface area contributed by atoms with Crippen molar-refractivity contribution < 1.29 is 23.8 Å². The molecule has 0 radical (unpaired) electrons. The predicted octanol–water partition coefficient (Wildman–Crippen LogP) is 4.02. The Bertz CT molecular complexity index is 1030. The van der Waals surface area contributed by atoms with Gasteiger partial charge in [-0.15, -0.1) is 6.42 Å². The van der Waals surface area contributed by atoms with E-state index in [1.54, 1.807) is 39.0 Å². The topological polar surface area (TPSA) is 98.3 Å². The van der Waals surface area contributed by atoms with Crippen molar-refractivity contribution in [2.45, 2.75) is 39.0 Å². The van der Waals surface area contributed by atoms with Crippen LogP contribution in [0.5, 0.6) is 5.75 Å². The van der Waals surface area contributed by atoms with Crippen LogP contribution in [0.1, 0.15) is 31.9 Å². The lowest BCUT2D eigenvalue weighted by atomic mass is 10.2. The van der Waals surface area contributed by atoms with Gasteiger partial charge in [0, 0.05) is 10.0 Å². The van der Waals surface area contributed by atoms with Gasteiger partial charge in [-0.05, 0) is 44.5 Å². The van der Waals surface area contributed by atoms with Crippen molar-refractivity contribution in [3.63, 3.8) is 0 Å². The van der Waals surface area contributed by atoms with Crippen LogP contribution in [0.15, 0.2) is 58.1 Å². The number of ether oxygens (including phenoxy) is 3. The number of halogens is 1. The maximum atomic E-state index is 12.8. The second-order valence-corrected chi connectivity index (χ2v) is 9.02. The van der Waals surface area contributed by atoms with Crippen LogP contribution in [0.3, 0.4) is 0 Å². The van der Waals surface area contributed by atoms with Crippen molar-refractivity contribution in [3.8, 4) is 18.1 Å². The first kappa shape index (κ1) is 26.9. The molecule has 0 bridgehead atoms. The number of hydrogen-bond acceptors (Lipinski definition) is 6. The van der Waals surface area contributed by atoms with E-state index in [-0.39, 0.29) is 19.8 Å². The summed E-state index contributed by atoms with van der Waals surface area (Å²) >= 11 is 3.38. The lowest BCUT2D eigenvalue weighted by Gasteiger charge is -2.22. The Hall–Kier alpha value is -3.35. The third-order valence-electron chi connectivity index (χ3n) is 4.06. The molecule has 0 fully saturated rings. The molecule has 2 aromatic carbocycles. The fourth-order valence-corrected chi connectivity index (χ4v) is 2.99. The van der Waals surface area contributed by atoms with Gasteiger partial charge in [-0.1, -0.05) is 52.2 Å². The lowest BCUT2D eigenvalue weighted by molar-refractivity contribution is -0.124. The molecule has 0 aliphatic heterocycles. The number of hydrogen-bond donors (Lipinski definition) is 2. The van der Waals surface area contributed by atoms with E-state index in [1.165, 1.54) is 6.21 Å². The molecular weight excluding hydrogens is 502 g/mol. The highest BCUT2D eigenvalue weighted by Gasteiger charge is 2.24. The van der Waals surface area contributed by atoms with Crippen LogP contribution < -0.4 is 15.5 Å². The Morgan fingerprint density at radius 3 is 2.62 bits per heavy atom. The van der Waals surface area contributed by atoms with Gasteiger partial charge in [0.15, 0.2) is 0 Å². The van der Waals surface area contributed by atoms with Gasteiger partial charge in [0.25, 0.3) is 5.91 Å². The first-order valence-electron chi connectivity index (χ1n) is 10.5. The summed E-state index contributed by atoms with van der Waals surface area (Å²) in [6.07, 6.45) is 5.93. The molecular formula is C25H28BrN3O5. The second-order valence-electron chi connectivity index (χ2n) is 8.11. The van der Waals surface area contributed by atoms with Gasteiger partial charge in [-0.3, -0.25) is 4.79 Å². The van der Waals surface area contributed by atoms with Gasteiger partial charge >= 0.3 is 6.09 Å². The Balaban J connectivity index is 2.05. The number of carbonyl (C=O) groups is 2. The first-order chi connectivity index (χ1) is 16.2. The molecule has 2 aromatic rings. The summed E-state index contributed by atoms with van der Waals surface area (Å²) in [6.45, 7) is 5.48. The highest BCUT2D eigenvalue weighted by Crippen LogP contribution is 2.21. The van der Waals surface area contributed by atoms with Crippen LogP contribution in [-0.4, -0.2) is 43.1 Å². The van der Waals surface area contributed by atoms with Crippen LogP contribution in [0.25, 0.3) is 0 Å². The molecule has 0 aromatic heterocycles. The van der Waals surface area contributed by atoms with Crippen LogP contribution in [-0.2, 0) is 20.9 Å². The highest BCUT2D eigenvalue weighted by atomic mass is 79.9. The van der Waals surface area contributed by atoms with Crippen LogP contribution in [0.4, 0.5) is 4.79 Å². The Kier molecular flexibility index (Phi) is 10.6. The summed E-state index contributed by atoms with van der Waals surface area (Å²) in [5.74, 6) is 2.33. The molecule has 0 saturated carbocycles. The predicted molar refractivity (Wildman–Crippen MR) is 133 cm³/mol. The minimum atomic E-state index is -1.03. The molecule has 2 amide bonds. The summed E-state index contributed by atoms with van der Waals surface area (Å²) in [6, 6.07) is 13.7. The van der Waals surface area contributed by atoms with Crippen molar-refractivity contribution in [2.24, 2.45) is 5.10 Å². The highest BCUT2D eigenvalue weighted by molar-refractivity contribution is 9.10. The molecule has 0 aliphatic carbocycles. The molecule has 8 nitrogen and oxygen atoms in total.